The molecule has 2 heterocycles. The van der Waals surface area contributed by atoms with Crippen LogP contribution in [-0.2, 0) is 6.54 Å². The molecule has 4 N–H and O–H groups in total. The number of rotatable bonds is 2. The Morgan fingerprint density at radius 1 is 1.28 bits per heavy atom. The molecule has 0 radical (unpaired) electrons. The number of aromatic nitrogens is 1. The molecular weight excluding hydrogens is 230 g/mol. The Hall–Kier alpha value is -1.72. The van der Waals surface area contributed by atoms with Crippen LogP contribution in [0.1, 0.15) is 17.3 Å². The maximum absolute atomic E-state index is 6.16. The summed E-state index contributed by atoms with van der Waals surface area (Å²) in [6.07, 6.45) is 0. The number of nitrogens with one attached hydrogen (secondary N) is 2. The van der Waals surface area contributed by atoms with E-state index in [-0.39, 0.29) is 6.04 Å². The zero-order valence-corrected chi connectivity index (χ0v) is 10.5. The lowest BCUT2D eigenvalue weighted by Crippen LogP contribution is -2.32. The van der Waals surface area contributed by atoms with Crippen LogP contribution in [0.4, 0.5) is 0 Å². The minimum Gasteiger partial charge on any atom is -0.493 e. The molecule has 0 saturated carbocycles. The summed E-state index contributed by atoms with van der Waals surface area (Å²) in [5, 5.41) is 4.41. The Labute approximate surface area is 105 Å². The molecule has 5 nitrogen and oxygen atoms in total. The smallest absolute Gasteiger partial charge is 0.184 e. The van der Waals surface area contributed by atoms with Crippen molar-refractivity contribution in [3.05, 3.63) is 23.4 Å². The number of H-pyrrole nitrogens is 1. The summed E-state index contributed by atoms with van der Waals surface area (Å²) in [5.41, 5.74) is 9.44. The van der Waals surface area contributed by atoms with E-state index < -0.39 is 0 Å². The Morgan fingerprint density at radius 3 is 2.83 bits per heavy atom. The van der Waals surface area contributed by atoms with E-state index in [9.17, 15) is 0 Å². The second-order valence-corrected chi connectivity index (χ2v) is 4.48. The summed E-state index contributed by atoms with van der Waals surface area (Å²) >= 11 is 0. The number of ether oxygens (including phenoxy) is 2. The highest BCUT2D eigenvalue weighted by Gasteiger charge is 2.24. The number of hydrogen-bond donors (Lipinski definition) is 3. The summed E-state index contributed by atoms with van der Waals surface area (Å²) in [6.45, 7) is 1.61. The van der Waals surface area contributed by atoms with Gasteiger partial charge in [0.1, 0.15) is 0 Å². The highest BCUT2D eigenvalue weighted by atomic mass is 16.5. The van der Waals surface area contributed by atoms with E-state index in [2.05, 4.69) is 10.3 Å². The van der Waals surface area contributed by atoms with Crippen LogP contribution < -0.4 is 20.5 Å². The fourth-order valence-corrected chi connectivity index (χ4v) is 2.67. The molecule has 0 amide bonds. The fraction of sp³-hybridized carbons (Fsp3) is 0.385. The second-order valence-electron chi connectivity index (χ2n) is 4.48. The summed E-state index contributed by atoms with van der Waals surface area (Å²) in [6, 6.07) is 3.97. The number of nitrogens with two attached hydrogens (primary N) is 1. The van der Waals surface area contributed by atoms with Gasteiger partial charge in [0.05, 0.1) is 19.7 Å². The summed E-state index contributed by atoms with van der Waals surface area (Å²) in [5.74, 6) is 1.46. The number of methoxy groups -OCH3 is 2. The molecular formula is C13H17N3O2. The van der Waals surface area contributed by atoms with Gasteiger partial charge in [0.15, 0.2) is 11.5 Å². The zero-order chi connectivity index (χ0) is 12.7. The van der Waals surface area contributed by atoms with Crippen LogP contribution in [0, 0.1) is 0 Å². The number of benzene rings is 1. The molecule has 1 unspecified atom stereocenters. The first-order chi connectivity index (χ1) is 8.76. The number of fused-ring (bicyclic) bond motifs is 3. The predicted octanol–water partition coefficient (Wildman–Crippen LogP) is 1.29. The minimum atomic E-state index is 0.0144. The van der Waals surface area contributed by atoms with E-state index in [0.29, 0.717) is 0 Å². The molecule has 3 rings (SSSR count). The van der Waals surface area contributed by atoms with Crippen LogP contribution in [0.2, 0.25) is 0 Å². The average Bonchev–Trinajstić information content (AvgIpc) is 2.77. The third-order valence-electron chi connectivity index (χ3n) is 3.47. The van der Waals surface area contributed by atoms with Crippen molar-refractivity contribution in [3.63, 3.8) is 0 Å². The van der Waals surface area contributed by atoms with Crippen molar-refractivity contribution in [1.29, 1.82) is 0 Å². The van der Waals surface area contributed by atoms with Gasteiger partial charge >= 0.3 is 0 Å². The first kappa shape index (κ1) is 11.4. The van der Waals surface area contributed by atoms with Gasteiger partial charge in [-0.05, 0) is 12.1 Å². The van der Waals surface area contributed by atoms with Gasteiger partial charge in [-0.3, -0.25) is 0 Å². The van der Waals surface area contributed by atoms with Crippen molar-refractivity contribution in [2.75, 3.05) is 20.8 Å². The van der Waals surface area contributed by atoms with Crippen molar-refractivity contribution >= 4 is 10.9 Å². The molecule has 1 atom stereocenters. The Morgan fingerprint density at radius 2 is 2.11 bits per heavy atom. The van der Waals surface area contributed by atoms with Gasteiger partial charge in [0.25, 0.3) is 0 Å². The van der Waals surface area contributed by atoms with Crippen molar-refractivity contribution in [3.8, 4) is 11.5 Å². The fourth-order valence-electron chi connectivity index (χ4n) is 2.67. The van der Waals surface area contributed by atoms with Crippen molar-refractivity contribution in [2.24, 2.45) is 5.73 Å². The van der Waals surface area contributed by atoms with Gasteiger partial charge in [0.2, 0.25) is 0 Å². The van der Waals surface area contributed by atoms with Gasteiger partial charge in [0, 0.05) is 35.8 Å². The SMILES string of the molecule is COc1ccc2c3c([nH]c2c1OC)CNCC3N. The van der Waals surface area contributed by atoms with Crippen LogP contribution in [0.5, 0.6) is 11.5 Å². The molecule has 1 aromatic heterocycles. The molecule has 5 heteroatoms. The molecule has 1 aliphatic heterocycles. The highest BCUT2D eigenvalue weighted by Crippen LogP contribution is 2.39. The normalized spacial score (nSPS) is 18.7. The van der Waals surface area contributed by atoms with Crippen LogP contribution in [0.25, 0.3) is 10.9 Å². The first-order valence-electron chi connectivity index (χ1n) is 5.98. The number of aromatic amines is 1. The van der Waals surface area contributed by atoms with Crippen LogP contribution >= 0.6 is 0 Å². The standard InChI is InChI=1S/C13H17N3O2/c1-17-10-4-3-7-11-8(14)5-15-6-9(11)16-12(7)13(10)18-2/h3-4,8,15-16H,5-6,14H2,1-2H3. The molecule has 96 valence electrons. The lowest BCUT2D eigenvalue weighted by atomic mass is 10.0. The van der Waals surface area contributed by atoms with Crippen LogP contribution in [-0.4, -0.2) is 25.7 Å². The van der Waals surface area contributed by atoms with Crippen molar-refractivity contribution in [2.45, 2.75) is 12.6 Å². The van der Waals surface area contributed by atoms with Gasteiger partial charge in [-0.2, -0.15) is 0 Å². The molecule has 0 spiro atoms. The van der Waals surface area contributed by atoms with Gasteiger partial charge in [-0.25, -0.2) is 0 Å². The van der Waals surface area contributed by atoms with E-state index in [1.165, 1.54) is 5.56 Å². The van der Waals surface area contributed by atoms with Crippen LogP contribution in [0.15, 0.2) is 12.1 Å². The largest absolute Gasteiger partial charge is 0.493 e. The number of hydrogen-bond acceptors (Lipinski definition) is 4. The summed E-state index contributed by atoms with van der Waals surface area (Å²) in [4.78, 5) is 3.39. The monoisotopic (exact) mass is 247 g/mol. The molecule has 1 aromatic carbocycles. The lowest BCUT2D eigenvalue weighted by Gasteiger charge is -2.20. The quantitative estimate of drug-likeness (QED) is 0.747. The Bertz CT molecular complexity index is 591. The lowest BCUT2D eigenvalue weighted by molar-refractivity contribution is 0.358. The Balaban J connectivity index is 2.31. The zero-order valence-electron chi connectivity index (χ0n) is 10.5. The Kier molecular flexibility index (Phi) is 2.65. The van der Waals surface area contributed by atoms with E-state index in [1.807, 2.05) is 12.1 Å². The molecule has 1 aliphatic rings. The molecule has 0 bridgehead atoms. The molecule has 0 saturated heterocycles. The van der Waals surface area contributed by atoms with E-state index in [4.69, 9.17) is 15.2 Å². The third kappa shape index (κ3) is 1.48. The summed E-state index contributed by atoms with van der Waals surface area (Å²) in [7, 11) is 3.29. The predicted molar refractivity (Wildman–Crippen MR) is 70.0 cm³/mol. The average molecular weight is 247 g/mol. The second kappa shape index (κ2) is 4.19. The third-order valence-corrected chi connectivity index (χ3v) is 3.47. The van der Waals surface area contributed by atoms with Crippen molar-refractivity contribution < 1.29 is 9.47 Å². The van der Waals surface area contributed by atoms with Crippen molar-refractivity contribution in [1.82, 2.24) is 10.3 Å². The molecule has 18 heavy (non-hydrogen) atoms. The van der Waals surface area contributed by atoms with Gasteiger partial charge < -0.3 is 25.5 Å². The van der Waals surface area contributed by atoms with E-state index in [0.717, 1.165) is 41.2 Å². The van der Waals surface area contributed by atoms with Gasteiger partial charge in [-0.15, -0.1) is 0 Å². The van der Waals surface area contributed by atoms with E-state index >= 15 is 0 Å². The maximum Gasteiger partial charge on any atom is 0.184 e. The molecule has 2 aromatic rings. The molecule has 0 fully saturated rings. The minimum absolute atomic E-state index is 0.0144. The first-order valence-corrected chi connectivity index (χ1v) is 5.98. The van der Waals surface area contributed by atoms with Gasteiger partial charge in [-0.1, -0.05) is 0 Å². The maximum atomic E-state index is 6.16. The topological polar surface area (TPSA) is 72.3 Å². The molecule has 0 aliphatic carbocycles. The summed E-state index contributed by atoms with van der Waals surface area (Å²) < 4.78 is 10.8. The van der Waals surface area contributed by atoms with Crippen LogP contribution in [0.3, 0.4) is 0 Å². The van der Waals surface area contributed by atoms with E-state index in [1.54, 1.807) is 14.2 Å². The highest BCUT2D eigenvalue weighted by molar-refractivity contribution is 5.92.